The normalized spacial score (nSPS) is 21.5. The van der Waals surface area contributed by atoms with Crippen LogP contribution in [0.3, 0.4) is 0 Å². The van der Waals surface area contributed by atoms with Crippen molar-refractivity contribution in [3.63, 3.8) is 0 Å². The maximum atomic E-state index is 11.9. The Hall–Kier alpha value is -1.13. The minimum absolute atomic E-state index is 0.0257. The second kappa shape index (κ2) is 7.63. The van der Waals surface area contributed by atoms with Crippen LogP contribution in [0.5, 0.6) is 0 Å². The zero-order chi connectivity index (χ0) is 17.0. The molecule has 0 aromatic carbocycles. The minimum atomic E-state index is -2.99. The Labute approximate surface area is 140 Å². The van der Waals surface area contributed by atoms with E-state index in [1.54, 1.807) is 0 Å². The molecule has 1 saturated heterocycles. The lowest BCUT2D eigenvalue weighted by Crippen LogP contribution is -3.06. The Balaban J connectivity index is 1.82. The highest BCUT2D eigenvalue weighted by Crippen LogP contribution is 2.20. The van der Waals surface area contributed by atoms with Gasteiger partial charge in [0, 0.05) is 12.5 Å². The van der Waals surface area contributed by atoms with Gasteiger partial charge in [-0.05, 0) is 6.42 Å². The number of amides is 1. The molecular formula is C13H23N4O4S2+. The van der Waals surface area contributed by atoms with Gasteiger partial charge >= 0.3 is 0 Å². The fraction of sp³-hybridized carbons (Fsp3) is 0.769. The third-order valence-corrected chi connectivity index (χ3v) is 6.34. The first kappa shape index (κ1) is 18.2. The van der Waals surface area contributed by atoms with Gasteiger partial charge in [0.1, 0.15) is 0 Å². The average Bonchev–Trinajstić information content (AvgIpc) is 3.04. The van der Waals surface area contributed by atoms with Gasteiger partial charge in [-0.15, -0.1) is 10.2 Å². The molecule has 1 aliphatic rings. The van der Waals surface area contributed by atoms with Gasteiger partial charge in [0.05, 0.1) is 31.4 Å². The molecule has 23 heavy (non-hydrogen) atoms. The number of sulfone groups is 1. The molecule has 1 aromatic heterocycles. The van der Waals surface area contributed by atoms with Crippen LogP contribution in [-0.4, -0.2) is 61.9 Å². The van der Waals surface area contributed by atoms with E-state index in [9.17, 15) is 13.2 Å². The Morgan fingerprint density at radius 2 is 2.22 bits per heavy atom. The number of aromatic nitrogens is 2. The van der Waals surface area contributed by atoms with E-state index >= 15 is 0 Å². The Bertz CT molecular complexity index is 644. The predicted octanol–water partition coefficient (Wildman–Crippen LogP) is -0.939. The third kappa shape index (κ3) is 5.18. The molecule has 130 valence electrons. The summed E-state index contributed by atoms with van der Waals surface area (Å²) in [6, 6.07) is -0.150. The smallest absolute Gasteiger partial charge is 0.277 e. The lowest BCUT2D eigenvalue weighted by Gasteiger charge is -2.15. The zero-order valence-corrected chi connectivity index (χ0v) is 15.2. The summed E-state index contributed by atoms with van der Waals surface area (Å²) in [5.74, 6) is 0.643. The number of quaternary nitrogens is 1. The lowest BCUT2D eigenvalue weighted by atomic mass is 10.2. The molecule has 1 aromatic rings. The highest BCUT2D eigenvalue weighted by molar-refractivity contribution is 7.99. The number of nitrogens with zero attached hydrogens (tertiary/aromatic N) is 2. The first-order valence-electron chi connectivity index (χ1n) is 7.56. The van der Waals surface area contributed by atoms with Crippen molar-refractivity contribution < 1.29 is 22.5 Å². The standard InChI is InChI=1S/C13H22N4O4S2/c1-4-10(17(2)3)12-15-16-13(21-12)22-7-11(18)14-9-5-6-23(19,20)8-9/h9-10H,4-8H2,1-3H3,(H,14,18)/p+1/t9-,10+/m1/s1. The predicted molar refractivity (Wildman–Crippen MR) is 86.1 cm³/mol. The summed E-state index contributed by atoms with van der Waals surface area (Å²) >= 11 is 1.16. The average molecular weight is 363 g/mol. The van der Waals surface area contributed by atoms with E-state index in [1.807, 2.05) is 14.1 Å². The van der Waals surface area contributed by atoms with Crippen LogP contribution in [0.1, 0.15) is 31.7 Å². The Morgan fingerprint density at radius 3 is 2.78 bits per heavy atom. The quantitative estimate of drug-likeness (QED) is 0.602. The molecule has 0 unspecified atom stereocenters. The molecule has 1 fully saturated rings. The van der Waals surface area contributed by atoms with Crippen molar-refractivity contribution in [3.05, 3.63) is 5.89 Å². The molecule has 2 atom stereocenters. The van der Waals surface area contributed by atoms with Crippen LogP contribution in [0, 0.1) is 0 Å². The van der Waals surface area contributed by atoms with Crippen molar-refractivity contribution in [2.45, 2.75) is 37.1 Å². The Kier molecular flexibility index (Phi) is 6.04. The number of hydrogen-bond acceptors (Lipinski definition) is 7. The van der Waals surface area contributed by atoms with E-state index in [0.29, 0.717) is 17.5 Å². The molecular weight excluding hydrogens is 340 g/mol. The van der Waals surface area contributed by atoms with Crippen LogP contribution < -0.4 is 10.2 Å². The van der Waals surface area contributed by atoms with Crippen LogP contribution >= 0.6 is 11.8 Å². The van der Waals surface area contributed by atoms with E-state index in [4.69, 9.17) is 4.42 Å². The SMILES string of the molecule is CC[C@@H](c1nnc(SCC(=O)N[C@@H]2CCS(=O)(=O)C2)o1)[NH+](C)C. The summed E-state index contributed by atoms with van der Waals surface area (Å²) < 4.78 is 28.3. The number of carbonyl (C=O) groups excluding carboxylic acids is 1. The zero-order valence-electron chi connectivity index (χ0n) is 13.5. The molecule has 2 N–H and O–H groups in total. The van der Waals surface area contributed by atoms with Crippen molar-refractivity contribution in [1.82, 2.24) is 15.5 Å². The molecule has 0 aliphatic carbocycles. The molecule has 0 spiro atoms. The maximum absolute atomic E-state index is 11.9. The second-order valence-corrected chi connectivity index (χ2v) is 9.06. The number of hydrogen-bond donors (Lipinski definition) is 2. The molecule has 0 bridgehead atoms. The Morgan fingerprint density at radius 1 is 1.48 bits per heavy atom. The first-order valence-corrected chi connectivity index (χ1v) is 10.4. The highest BCUT2D eigenvalue weighted by Gasteiger charge is 2.29. The molecule has 1 amide bonds. The van der Waals surface area contributed by atoms with Gasteiger partial charge < -0.3 is 14.6 Å². The van der Waals surface area contributed by atoms with Gasteiger partial charge in [-0.25, -0.2) is 8.42 Å². The molecule has 10 heteroatoms. The molecule has 2 rings (SSSR count). The fourth-order valence-electron chi connectivity index (χ4n) is 2.55. The molecule has 2 heterocycles. The molecule has 0 saturated carbocycles. The highest BCUT2D eigenvalue weighted by atomic mass is 32.2. The maximum Gasteiger partial charge on any atom is 0.277 e. The molecule has 8 nitrogen and oxygen atoms in total. The van der Waals surface area contributed by atoms with E-state index in [2.05, 4.69) is 22.4 Å². The van der Waals surface area contributed by atoms with Crippen LogP contribution in [0.25, 0.3) is 0 Å². The van der Waals surface area contributed by atoms with E-state index in [1.165, 1.54) is 4.90 Å². The van der Waals surface area contributed by atoms with E-state index < -0.39 is 9.84 Å². The topological polar surface area (TPSA) is 107 Å². The molecule has 0 radical (unpaired) electrons. The monoisotopic (exact) mass is 363 g/mol. The largest absolute Gasteiger partial charge is 0.410 e. The van der Waals surface area contributed by atoms with Crippen molar-refractivity contribution >= 4 is 27.5 Å². The number of rotatable bonds is 7. The van der Waals surface area contributed by atoms with Crippen molar-refractivity contribution in [2.75, 3.05) is 31.4 Å². The van der Waals surface area contributed by atoms with Gasteiger partial charge in [-0.3, -0.25) is 4.79 Å². The summed E-state index contributed by atoms with van der Waals surface area (Å²) in [4.78, 5) is 13.1. The van der Waals surface area contributed by atoms with Gasteiger partial charge in [-0.2, -0.15) is 0 Å². The third-order valence-electron chi connectivity index (χ3n) is 3.75. The van der Waals surface area contributed by atoms with Gasteiger partial charge in [0.15, 0.2) is 15.9 Å². The number of thioether (sulfide) groups is 1. The van der Waals surface area contributed by atoms with E-state index in [-0.39, 0.29) is 35.2 Å². The summed E-state index contributed by atoms with van der Waals surface area (Å²) in [5, 5.41) is 11.1. The minimum Gasteiger partial charge on any atom is -0.410 e. The lowest BCUT2D eigenvalue weighted by molar-refractivity contribution is -0.894. The number of carbonyl (C=O) groups is 1. The van der Waals surface area contributed by atoms with Crippen LogP contribution in [0.4, 0.5) is 0 Å². The second-order valence-electron chi connectivity index (χ2n) is 5.90. The first-order chi connectivity index (χ1) is 10.8. The van der Waals surface area contributed by atoms with Gasteiger partial charge in [-0.1, -0.05) is 18.7 Å². The van der Waals surface area contributed by atoms with Crippen molar-refractivity contribution in [2.24, 2.45) is 0 Å². The van der Waals surface area contributed by atoms with Crippen LogP contribution in [0.15, 0.2) is 9.64 Å². The van der Waals surface area contributed by atoms with Crippen molar-refractivity contribution in [1.29, 1.82) is 0 Å². The van der Waals surface area contributed by atoms with Gasteiger partial charge in [0.2, 0.25) is 5.91 Å². The van der Waals surface area contributed by atoms with Gasteiger partial charge in [0.25, 0.3) is 11.1 Å². The van der Waals surface area contributed by atoms with E-state index in [0.717, 1.165) is 18.2 Å². The van der Waals surface area contributed by atoms with Crippen molar-refractivity contribution in [3.8, 4) is 0 Å². The summed E-state index contributed by atoms with van der Waals surface area (Å²) in [5.41, 5.74) is 0. The summed E-state index contributed by atoms with van der Waals surface area (Å²) in [6.07, 6.45) is 1.36. The van der Waals surface area contributed by atoms with Crippen LogP contribution in [-0.2, 0) is 14.6 Å². The summed E-state index contributed by atoms with van der Waals surface area (Å²) in [7, 11) is 1.05. The number of nitrogens with one attached hydrogen (secondary N) is 2. The fourth-order valence-corrected chi connectivity index (χ4v) is 4.81. The molecule has 1 aliphatic heterocycles. The van der Waals surface area contributed by atoms with Crippen LogP contribution in [0.2, 0.25) is 0 Å². The summed E-state index contributed by atoms with van der Waals surface area (Å²) in [6.45, 7) is 2.05.